The summed E-state index contributed by atoms with van der Waals surface area (Å²) in [5.74, 6) is 1.20. The van der Waals surface area contributed by atoms with Gasteiger partial charge in [-0.25, -0.2) is 9.97 Å². The lowest BCUT2D eigenvalue weighted by Gasteiger charge is -2.16. The monoisotopic (exact) mass is 410 g/mol. The van der Waals surface area contributed by atoms with E-state index in [0.717, 1.165) is 10.7 Å². The molecule has 0 saturated carbocycles. The number of aromatic nitrogens is 5. The van der Waals surface area contributed by atoms with Crippen LogP contribution in [-0.4, -0.2) is 76.4 Å². The van der Waals surface area contributed by atoms with Crippen LogP contribution in [-0.2, 0) is 0 Å². The van der Waals surface area contributed by atoms with Gasteiger partial charge in [0.05, 0.1) is 0 Å². The summed E-state index contributed by atoms with van der Waals surface area (Å²) in [7, 11) is 11.4. The molecule has 2 rings (SSSR count). The van der Waals surface area contributed by atoms with Gasteiger partial charge in [-0.1, -0.05) is 12.2 Å². The molecule has 0 N–H and O–H groups in total. The first kappa shape index (κ1) is 20.6. The Bertz CT molecular complexity index is 768. The van der Waals surface area contributed by atoms with E-state index in [4.69, 9.17) is 12.2 Å². The summed E-state index contributed by atoms with van der Waals surface area (Å²) in [5, 5.41) is 1.96. The maximum atomic E-state index is 5.33. The van der Waals surface area contributed by atoms with Crippen molar-refractivity contribution in [2.75, 3.05) is 52.1 Å². The summed E-state index contributed by atoms with van der Waals surface area (Å²) in [6.07, 6.45) is 0. The molecule has 2 aromatic rings. The van der Waals surface area contributed by atoms with Crippen LogP contribution in [0.4, 0.5) is 11.9 Å². The Morgan fingerprint density at radius 2 is 1.42 bits per heavy atom. The van der Waals surface area contributed by atoms with E-state index in [1.807, 2.05) is 70.0 Å². The van der Waals surface area contributed by atoms with Crippen LogP contribution >= 0.6 is 35.7 Å². The van der Waals surface area contributed by atoms with Gasteiger partial charge in [-0.15, -0.1) is 0 Å². The van der Waals surface area contributed by atoms with Gasteiger partial charge in [-0.05, 0) is 36.5 Å². The highest BCUT2D eigenvalue weighted by molar-refractivity contribution is 8.22. The van der Waals surface area contributed by atoms with Crippen LogP contribution in [0.5, 0.6) is 0 Å². The van der Waals surface area contributed by atoms with Crippen LogP contribution in [0.2, 0.25) is 0 Å². The van der Waals surface area contributed by atoms with E-state index in [1.54, 1.807) is 0 Å². The molecule has 2 heterocycles. The average Bonchev–Trinajstić information content (AvgIpc) is 2.53. The predicted octanol–water partition coefficient (Wildman–Crippen LogP) is 2.19. The SMILES string of the molecule is Cc1cc(Sc2nc(N(C)C)nc(N(C)C)n2)nc(SC(=S)N(C)C)n1. The number of thiocarbonyl (C=S) groups is 1. The highest BCUT2D eigenvalue weighted by Gasteiger charge is 2.14. The van der Waals surface area contributed by atoms with Gasteiger partial charge < -0.3 is 14.7 Å². The van der Waals surface area contributed by atoms with Crippen molar-refractivity contribution in [1.82, 2.24) is 29.8 Å². The highest BCUT2D eigenvalue weighted by Crippen LogP contribution is 2.28. The van der Waals surface area contributed by atoms with Crippen molar-refractivity contribution >= 4 is 52.0 Å². The van der Waals surface area contributed by atoms with Crippen molar-refractivity contribution < 1.29 is 0 Å². The molecule has 8 nitrogen and oxygen atoms in total. The molecule has 140 valence electrons. The van der Waals surface area contributed by atoms with Gasteiger partial charge in [0, 0.05) is 48.0 Å². The summed E-state index contributed by atoms with van der Waals surface area (Å²) in [4.78, 5) is 28.0. The van der Waals surface area contributed by atoms with Crippen LogP contribution in [0.1, 0.15) is 5.69 Å². The van der Waals surface area contributed by atoms with E-state index in [-0.39, 0.29) is 0 Å². The van der Waals surface area contributed by atoms with Crippen LogP contribution in [0, 0.1) is 6.92 Å². The fraction of sp³-hybridized carbons (Fsp3) is 0.467. The molecule has 0 radical (unpaired) electrons. The first-order valence-corrected chi connectivity index (χ1v) is 9.73. The zero-order valence-corrected chi connectivity index (χ0v) is 18.3. The molecule has 0 spiro atoms. The van der Waals surface area contributed by atoms with Gasteiger partial charge >= 0.3 is 0 Å². The van der Waals surface area contributed by atoms with Crippen molar-refractivity contribution in [3.8, 4) is 0 Å². The smallest absolute Gasteiger partial charge is 0.230 e. The first-order valence-electron chi connectivity index (χ1n) is 7.69. The van der Waals surface area contributed by atoms with E-state index >= 15 is 0 Å². The van der Waals surface area contributed by atoms with Crippen molar-refractivity contribution in [2.24, 2.45) is 0 Å². The van der Waals surface area contributed by atoms with Crippen LogP contribution in [0.3, 0.4) is 0 Å². The topological polar surface area (TPSA) is 74.2 Å². The number of thioether (sulfide) groups is 1. The van der Waals surface area contributed by atoms with Gasteiger partial charge in [0.25, 0.3) is 0 Å². The Labute approximate surface area is 167 Å². The number of nitrogens with zero attached hydrogens (tertiary/aromatic N) is 8. The van der Waals surface area contributed by atoms with Crippen molar-refractivity contribution in [3.63, 3.8) is 0 Å². The lowest BCUT2D eigenvalue weighted by Crippen LogP contribution is -2.19. The number of hydrogen-bond donors (Lipinski definition) is 0. The number of hydrogen-bond acceptors (Lipinski definition) is 10. The Kier molecular flexibility index (Phi) is 6.95. The Morgan fingerprint density at radius 1 is 0.846 bits per heavy atom. The minimum absolute atomic E-state index is 0.580. The number of rotatable bonds is 5. The predicted molar refractivity (Wildman–Crippen MR) is 112 cm³/mol. The fourth-order valence-corrected chi connectivity index (χ4v) is 3.41. The molecule has 0 fully saturated rings. The van der Waals surface area contributed by atoms with Crippen molar-refractivity contribution in [1.29, 1.82) is 0 Å². The Balaban J connectivity index is 2.33. The molecular formula is C15H22N8S3. The normalized spacial score (nSPS) is 10.6. The quantitative estimate of drug-likeness (QED) is 0.315. The zero-order chi connectivity index (χ0) is 19.4. The lowest BCUT2D eigenvalue weighted by atomic mass is 10.5. The molecule has 0 bridgehead atoms. The summed E-state index contributed by atoms with van der Waals surface area (Å²) in [6.45, 7) is 1.93. The minimum Gasteiger partial charge on any atom is -0.363 e. The lowest BCUT2D eigenvalue weighted by molar-refractivity contribution is 0.647. The van der Waals surface area contributed by atoms with Crippen LogP contribution < -0.4 is 9.80 Å². The molecule has 0 aromatic carbocycles. The first-order chi connectivity index (χ1) is 12.2. The molecule has 11 heteroatoms. The van der Waals surface area contributed by atoms with Crippen molar-refractivity contribution in [3.05, 3.63) is 11.8 Å². The molecule has 0 amide bonds. The summed E-state index contributed by atoms with van der Waals surface area (Å²) in [6, 6.07) is 1.90. The summed E-state index contributed by atoms with van der Waals surface area (Å²) in [5.41, 5.74) is 0.862. The standard InChI is InChI=1S/C15H22N8S3/c1-9-8-10(17-13(16-9)26-15(24)23(6)7)25-14-19-11(21(2)3)18-12(20-14)22(4)5/h8H,1-7H3. The van der Waals surface area contributed by atoms with Crippen molar-refractivity contribution in [2.45, 2.75) is 22.3 Å². The van der Waals surface area contributed by atoms with Gasteiger partial charge in [-0.2, -0.15) is 15.0 Å². The van der Waals surface area contributed by atoms with Gasteiger partial charge in [-0.3, -0.25) is 0 Å². The molecule has 26 heavy (non-hydrogen) atoms. The Hall–Kier alpha value is -1.72. The molecule has 0 aliphatic carbocycles. The molecule has 0 atom stereocenters. The second-order valence-corrected chi connectivity index (χ2v) is 8.59. The molecular weight excluding hydrogens is 388 g/mol. The van der Waals surface area contributed by atoms with E-state index in [9.17, 15) is 0 Å². The fourth-order valence-electron chi connectivity index (χ4n) is 1.66. The largest absolute Gasteiger partial charge is 0.363 e. The van der Waals surface area contributed by atoms with Crippen LogP contribution in [0.25, 0.3) is 0 Å². The van der Waals surface area contributed by atoms with Gasteiger partial charge in [0.15, 0.2) is 5.16 Å². The molecule has 0 saturated heterocycles. The number of anilines is 2. The molecule has 0 aliphatic heterocycles. The number of aryl methyl sites for hydroxylation is 1. The third kappa shape index (κ3) is 5.64. The van der Waals surface area contributed by atoms with Crippen LogP contribution in [0.15, 0.2) is 21.4 Å². The molecule has 0 unspecified atom stereocenters. The Morgan fingerprint density at radius 3 is 1.92 bits per heavy atom. The second-order valence-electron chi connectivity index (χ2n) is 6.00. The average molecular weight is 411 g/mol. The van der Waals surface area contributed by atoms with Gasteiger partial charge in [0.1, 0.15) is 9.35 Å². The molecule has 0 aliphatic rings. The van der Waals surface area contributed by atoms with E-state index in [2.05, 4.69) is 24.9 Å². The third-order valence-corrected chi connectivity index (χ3v) is 5.24. The summed E-state index contributed by atoms with van der Waals surface area (Å²) < 4.78 is 0.705. The van der Waals surface area contributed by atoms with Gasteiger partial charge in [0.2, 0.25) is 17.1 Å². The maximum Gasteiger partial charge on any atom is 0.230 e. The second kappa shape index (κ2) is 8.78. The van der Waals surface area contributed by atoms with E-state index < -0.39 is 0 Å². The highest BCUT2D eigenvalue weighted by atomic mass is 32.2. The summed E-state index contributed by atoms with van der Waals surface area (Å²) >= 11 is 8.06. The molecule has 2 aromatic heterocycles. The minimum atomic E-state index is 0.580. The third-order valence-electron chi connectivity index (χ3n) is 2.94. The zero-order valence-electron chi connectivity index (χ0n) is 15.9. The maximum absolute atomic E-state index is 5.33. The van der Waals surface area contributed by atoms with E-state index in [1.165, 1.54) is 23.5 Å². The van der Waals surface area contributed by atoms with E-state index in [0.29, 0.717) is 26.5 Å².